The van der Waals surface area contributed by atoms with Crippen LogP contribution in [0.5, 0.6) is 0 Å². The summed E-state index contributed by atoms with van der Waals surface area (Å²) < 4.78 is 4.62. The first-order valence-corrected chi connectivity index (χ1v) is 2.28. The summed E-state index contributed by atoms with van der Waals surface area (Å²) in [5.74, 6) is 0.0787. The number of nitrogen functional groups attached to an aromatic ring is 2. The van der Waals surface area contributed by atoms with Crippen LogP contribution in [-0.4, -0.2) is 0 Å². The van der Waals surface area contributed by atoms with Crippen molar-refractivity contribution in [3.05, 3.63) is 11.8 Å². The fourth-order valence-electron chi connectivity index (χ4n) is 0.507. The van der Waals surface area contributed by atoms with E-state index < -0.39 is 0 Å². The molecule has 0 aliphatic heterocycles. The van der Waals surface area contributed by atoms with Crippen molar-refractivity contribution in [1.82, 2.24) is 0 Å². The first-order chi connectivity index (χ1) is 4.25. The Balaban J connectivity index is 3.27. The predicted octanol–water partition coefficient (Wildman–Crippen LogP) is 0.316. The van der Waals surface area contributed by atoms with Crippen LogP contribution in [0.2, 0.25) is 0 Å². The van der Waals surface area contributed by atoms with E-state index in [1.807, 2.05) is 0 Å². The molecule has 0 aromatic carbocycles. The molecule has 0 spiro atoms. The number of anilines is 2. The minimum absolute atomic E-state index is 0.0787. The highest BCUT2D eigenvalue weighted by Crippen LogP contribution is 2.19. The third-order valence-electron chi connectivity index (χ3n) is 0.960. The molecule has 0 amide bonds. The predicted molar refractivity (Wildman–Crippen MR) is 32.2 cm³/mol. The Labute approximate surface area is 51.7 Å². The van der Waals surface area contributed by atoms with Gasteiger partial charge in [0.05, 0.1) is 5.69 Å². The molecule has 0 aliphatic rings. The monoisotopic (exact) mass is 123 g/mol. The van der Waals surface area contributed by atoms with Gasteiger partial charge in [-0.05, 0) is 0 Å². The fraction of sp³-hybridized carbons (Fsp3) is 0. The maximum Gasteiger partial charge on any atom is 0.210 e. The summed E-state index contributed by atoms with van der Waals surface area (Å²) in [6, 6.07) is 1.80. The maximum atomic E-state index is 8.32. The lowest BCUT2D eigenvalue weighted by molar-refractivity contribution is 0.588. The Kier molecular flexibility index (Phi) is 1.04. The molecular formula is C5H5N3O. The Bertz CT molecular complexity index is 238. The molecule has 9 heavy (non-hydrogen) atoms. The van der Waals surface area contributed by atoms with E-state index in [1.165, 1.54) is 6.26 Å². The summed E-state index contributed by atoms with van der Waals surface area (Å²) in [5.41, 5.74) is 10.9. The van der Waals surface area contributed by atoms with E-state index in [4.69, 9.17) is 16.7 Å². The van der Waals surface area contributed by atoms with Gasteiger partial charge in [-0.25, -0.2) is 0 Å². The molecule has 4 nitrogen and oxygen atoms in total. The average Bonchev–Trinajstić information content (AvgIpc) is 2.12. The van der Waals surface area contributed by atoms with Crippen LogP contribution in [0.4, 0.5) is 11.6 Å². The molecule has 0 saturated carbocycles. The Morgan fingerprint density at radius 3 is 2.44 bits per heavy atom. The Hall–Kier alpha value is -1.63. The Morgan fingerprint density at radius 2 is 2.22 bits per heavy atom. The lowest BCUT2D eigenvalue weighted by Crippen LogP contribution is -1.88. The van der Waals surface area contributed by atoms with Gasteiger partial charge < -0.3 is 15.9 Å². The van der Waals surface area contributed by atoms with Gasteiger partial charge in [0, 0.05) is 0 Å². The normalized spacial score (nSPS) is 8.78. The van der Waals surface area contributed by atoms with Crippen LogP contribution in [0.15, 0.2) is 10.7 Å². The summed E-state index contributed by atoms with van der Waals surface area (Å²) in [6.45, 7) is 0. The molecule has 0 radical (unpaired) electrons. The van der Waals surface area contributed by atoms with Crippen molar-refractivity contribution in [3.63, 3.8) is 0 Å². The van der Waals surface area contributed by atoms with Gasteiger partial charge in [-0.1, -0.05) is 0 Å². The number of nitriles is 1. The molecule has 1 aromatic heterocycles. The molecule has 1 aromatic rings. The van der Waals surface area contributed by atoms with Crippen molar-refractivity contribution in [2.45, 2.75) is 0 Å². The lowest BCUT2D eigenvalue weighted by Gasteiger charge is -1.81. The zero-order valence-corrected chi connectivity index (χ0v) is 4.59. The van der Waals surface area contributed by atoms with Crippen molar-refractivity contribution < 1.29 is 4.42 Å². The molecule has 0 saturated heterocycles. The summed E-state index contributed by atoms with van der Waals surface area (Å²) in [5, 5.41) is 8.32. The third kappa shape index (κ3) is 0.681. The van der Waals surface area contributed by atoms with Gasteiger partial charge in [0.15, 0.2) is 0 Å². The fourth-order valence-corrected chi connectivity index (χ4v) is 0.507. The molecular weight excluding hydrogens is 118 g/mol. The van der Waals surface area contributed by atoms with E-state index >= 15 is 0 Å². The second-order valence-electron chi connectivity index (χ2n) is 1.54. The number of hydrogen-bond acceptors (Lipinski definition) is 4. The standard InChI is InChI=1S/C5H5N3O/c6-1-3-4(7)2-9-5(3)8/h2H,7-8H2. The van der Waals surface area contributed by atoms with Crippen LogP contribution in [0.3, 0.4) is 0 Å². The van der Waals surface area contributed by atoms with Crippen LogP contribution in [-0.2, 0) is 0 Å². The molecule has 46 valence electrons. The lowest BCUT2D eigenvalue weighted by atomic mass is 10.3. The molecule has 0 unspecified atom stereocenters. The third-order valence-corrected chi connectivity index (χ3v) is 0.960. The van der Waals surface area contributed by atoms with Gasteiger partial charge in [0.2, 0.25) is 5.88 Å². The first kappa shape index (κ1) is 5.51. The van der Waals surface area contributed by atoms with Crippen LogP contribution < -0.4 is 11.5 Å². The van der Waals surface area contributed by atoms with Crippen molar-refractivity contribution in [2.24, 2.45) is 0 Å². The summed E-state index contributed by atoms with van der Waals surface area (Å²) >= 11 is 0. The Morgan fingerprint density at radius 1 is 1.56 bits per heavy atom. The van der Waals surface area contributed by atoms with E-state index in [-0.39, 0.29) is 17.1 Å². The van der Waals surface area contributed by atoms with Crippen LogP contribution in [0.1, 0.15) is 5.56 Å². The van der Waals surface area contributed by atoms with Gasteiger partial charge in [0.1, 0.15) is 17.9 Å². The number of furan rings is 1. The highest BCUT2D eigenvalue weighted by Gasteiger charge is 2.05. The number of rotatable bonds is 0. The quantitative estimate of drug-likeness (QED) is 0.519. The van der Waals surface area contributed by atoms with E-state index in [2.05, 4.69) is 4.42 Å². The summed E-state index contributed by atoms with van der Waals surface area (Å²) in [7, 11) is 0. The topological polar surface area (TPSA) is 89.0 Å². The summed E-state index contributed by atoms with van der Waals surface area (Å²) in [4.78, 5) is 0. The van der Waals surface area contributed by atoms with Crippen molar-refractivity contribution in [1.29, 1.82) is 5.26 Å². The van der Waals surface area contributed by atoms with Crippen molar-refractivity contribution in [2.75, 3.05) is 11.5 Å². The maximum absolute atomic E-state index is 8.32. The second-order valence-corrected chi connectivity index (χ2v) is 1.54. The minimum Gasteiger partial charge on any atom is -0.446 e. The molecule has 0 bridgehead atoms. The zero-order valence-electron chi connectivity index (χ0n) is 4.59. The second kappa shape index (κ2) is 1.71. The molecule has 0 atom stereocenters. The van der Waals surface area contributed by atoms with Crippen molar-refractivity contribution >= 4 is 11.6 Å². The van der Waals surface area contributed by atoms with E-state index in [0.717, 1.165) is 0 Å². The molecule has 4 heteroatoms. The average molecular weight is 123 g/mol. The highest BCUT2D eigenvalue weighted by atomic mass is 16.3. The van der Waals surface area contributed by atoms with Crippen LogP contribution in [0.25, 0.3) is 0 Å². The largest absolute Gasteiger partial charge is 0.446 e. The molecule has 0 aliphatic carbocycles. The van der Waals surface area contributed by atoms with Gasteiger partial charge in [-0.2, -0.15) is 5.26 Å². The minimum atomic E-state index is 0.0787. The van der Waals surface area contributed by atoms with E-state index in [0.29, 0.717) is 0 Å². The van der Waals surface area contributed by atoms with E-state index in [1.54, 1.807) is 6.07 Å². The molecule has 4 N–H and O–H groups in total. The van der Waals surface area contributed by atoms with E-state index in [9.17, 15) is 0 Å². The summed E-state index contributed by atoms with van der Waals surface area (Å²) in [6.07, 6.45) is 1.24. The zero-order chi connectivity index (χ0) is 6.85. The molecule has 1 heterocycles. The molecule has 1 rings (SSSR count). The number of hydrogen-bond donors (Lipinski definition) is 2. The van der Waals surface area contributed by atoms with Gasteiger partial charge >= 0.3 is 0 Å². The van der Waals surface area contributed by atoms with Crippen LogP contribution in [0, 0.1) is 11.3 Å². The van der Waals surface area contributed by atoms with Gasteiger partial charge in [-0.3, -0.25) is 0 Å². The van der Waals surface area contributed by atoms with Gasteiger partial charge in [0.25, 0.3) is 0 Å². The molecule has 0 fully saturated rings. The SMILES string of the molecule is N#Cc1c(N)coc1N. The van der Waals surface area contributed by atoms with Crippen molar-refractivity contribution in [3.8, 4) is 6.07 Å². The number of nitrogens with zero attached hydrogens (tertiary/aromatic N) is 1. The number of nitrogens with two attached hydrogens (primary N) is 2. The highest BCUT2D eigenvalue weighted by molar-refractivity contribution is 5.62. The smallest absolute Gasteiger partial charge is 0.210 e. The van der Waals surface area contributed by atoms with Crippen LogP contribution >= 0.6 is 0 Å². The first-order valence-electron chi connectivity index (χ1n) is 2.28. The van der Waals surface area contributed by atoms with Gasteiger partial charge in [-0.15, -0.1) is 0 Å².